The first kappa shape index (κ1) is 16.0. The second-order valence-corrected chi connectivity index (χ2v) is 5.61. The van der Waals surface area contributed by atoms with E-state index in [-0.39, 0.29) is 10.0 Å². The molecule has 0 aromatic heterocycles. The van der Waals surface area contributed by atoms with Crippen LogP contribution in [0.5, 0.6) is 0 Å². The number of halogens is 2. The van der Waals surface area contributed by atoms with Crippen LogP contribution in [0.25, 0.3) is 0 Å². The fourth-order valence-electron chi connectivity index (χ4n) is 1.37. The Morgan fingerprint density at radius 1 is 1.53 bits per heavy atom. The molecule has 0 radical (unpaired) electrons. The van der Waals surface area contributed by atoms with E-state index in [0.717, 1.165) is 6.07 Å². The van der Waals surface area contributed by atoms with Crippen LogP contribution in [0.15, 0.2) is 22.7 Å². The van der Waals surface area contributed by atoms with Gasteiger partial charge in [0.2, 0.25) is 0 Å². The molecule has 2 N–H and O–H groups in total. The molecule has 0 saturated carbocycles. The second-order valence-electron chi connectivity index (χ2n) is 3.77. The first-order valence-electron chi connectivity index (χ1n) is 5.43. The molecule has 0 spiro atoms. The lowest BCUT2D eigenvalue weighted by molar-refractivity contribution is -0.139. The maximum Gasteiger partial charge on any atom is 0.326 e. The van der Waals surface area contributed by atoms with E-state index in [4.69, 9.17) is 5.11 Å². The lowest BCUT2D eigenvalue weighted by Crippen LogP contribution is -2.41. The molecule has 0 aliphatic heterocycles. The molecule has 1 aromatic carbocycles. The number of benzene rings is 1. The molecule has 7 heteroatoms. The molecule has 19 heavy (non-hydrogen) atoms. The van der Waals surface area contributed by atoms with Crippen LogP contribution in [-0.2, 0) is 4.79 Å². The van der Waals surface area contributed by atoms with Crippen molar-refractivity contribution < 1.29 is 19.1 Å². The van der Waals surface area contributed by atoms with Gasteiger partial charge in [-0.3, -0.25) is 4.79 Å². The van der Waals surface area contributed by atoms with Crippen molar-refractivity contribution in [2.75, 3.05) is 12.0 Å². The number of carboxylic acid groups (broad SMARTS) is 1. The summed E-state index contributed by atoms with van der Waals surface area (Å²) in [4.78, 5) is 22.8. The molecular weight excluding hydrogens is 337 g/mol. The highest BCUT2D eigenvalue weighted by molar-refractivity contribution is 9.10. The van der Waals surface area contributed by atoms with E-state index in [2.05, 4.69) is 21.2 Å². The van der Waals surface area contributed by atoms with Crippen LogP contribution in [0.3, 0.4) is 0 Å². The van der Waals surface area contributed by atoms with Crippen molar-refractivity contribution in [2.45, 2.75) is 12.5 Å². The number of aliphatic carboxylic acids is 1. The van der Waals surface area contributed by atoms with Gasteiger partial charge in [0, 0.05) is 5.56 Å². The van der Waals surface area contributed by atoms with Gasteiger partial charge in [0.05, 0.1) is 4.47 Å². The third kappa shape index (κ3) is 4.83. The summed E-state index contributed by atoms with van der Waals surface area (Å²) in [6, 6.07) is 2.93. The van der Waals surface area contributed by atoms with Crippen molar-refractivity contribution in [2.24, 2.45) is 0 Å². The van der Waals surface area contributed by atoms with Crippen molar-refractivity contribution >= 4 is 39.6 Å². The summed E-state index contributed by atoms with van der Waals surface area (Å²) >= 11 is 4.48. The Kier molecular flexibility index (Phi) is 6.30. The largest absolute Gasteiger partial charge is 0.480 e. The predicted octanol–water partition coefficient (Wildman–Crippen LogP) is 2.52. The number of amides is 1. The molecule has 1 rings (SSSR count). The van der Waals surface area contributed by atoms with Crippen molar-refractivity contribution in [1.82, 2.24) is 5.32 Å². The second kappa shape index (κ2) is 7.49. The van der Waals surface area contributed by atoms with Gasteiger partial charge >= 0.3 is 5.97 Å². The fraction of sp³-hybridized carbons (Fsp3) is 0.333. The van der Waals surface area contributed by atoms with E-state index in [1.165, 1.54) is 23.9 Å². The highest BCUT2D eigenvalue weighted by atomic mass is 79.9. The Hall–Kier alpha value is -1.08. The van der Waals surface area contributed by atoms with Gasteiger partial charge in [-0.25, -0.2) is 9.18 Å². The minimum absolute atomic E-state index is 0.0936. The van der Waals surface area contributed by atoms with E-state index in [9.17, 15) is 14.0 Å². The van der Waals surface area contributed by atoms with Gasteiger partial charge in [-0.15, -0.1) is 0 Å². The molecule has 0 saturated heterocycles. The number of carbonyl (C=O) groups excluding carboxylic acids is 1. The molecule has 0 heterocycles. The third-order valence-electron chi connectivity index (χ3n) is 2.40. The molecule has 4 nitrogen and oxygen atoms in total. The number of carbonyl (C=O) groups is 2. The van der Waals surface area contributed by atoms with E-state index in [1.54, 1.807) is 0 Å². The zero-order valence-corrected chi connectivity index (χ0v) is 12.6. The quantitative estimate of drug-likeness (QED) is 0.828. The molecule has 104 valence electrons. The smallest absolute Gasteiger partial charge is 0.326 e. The van der Waals surface area contributed by atoms with Crippen LogP contribution >= 0.6 is 27.7 Å². The standard InChI is InChI=1S/C12H13BrFNO3S/c1-19-5-4-10(12(17)18)15-11(16)7-2-3-8(13)9(14)6-7/h2-3,6,10H,4-5H2,1H3,(H,15,16)(H,17,18)/t10-/m1/s1. The zero-order chi connectivity index (χ0) is 14.4. The van der Waals surface area contributed by atoms with Crippen LogP contribution < -0.4 is 5.32 Å². The van der Waals surface area contributed by atoms with Gasteiger partial charge in [0.1, 0.15) is 11.9 Å². The number of carboxylic acids is 1. The van der Waals surface area contributed by atoms with Crippen LogP contribution in [-0.4, -0.2) is 35.0 Å². The maximum absolute atomic E-state index is 13.3. The highest BCUT2D eigenvalue weighted by Gasteiger charge is 2.20. The summed E-state index contributed by atoms with van der Waals surface area (Å²) in [6.07, 6.45) is 2.17. The van der Waals surface area contributed by atoms with Crippen LogP contribution in [0, 0.1) is 5.82 Å². The van der Waals surface area contributed by atoms with Gasteiger partial charge in [-0.1, -0.05) is 0 Å². The Balaban J connectivity index is 2.75. The molecular formula is C12H13BrFNO3S. The summed E-state index contributed by atoms with van der Waals surface area (Å²) < 4.78 is 13.5. The van der Waals surface area contributed by atoms with E-state index < -0.39 is 23.7 Å². The molecule has 1 atom stereocenters. The Morgan fingerprint density at radius 3 is 2.74 bits per heavy atom. The molecule has 0 unspecified atom stereocenters. The van der Waals surface area contributed by atoms with Crippen LogP contribution in [0.2, 0.25) is 0 Å². The average Bonchev–Trinajstić information content (AvgIpc) is 2.37. The summed E-state index contributed by atoms with van der Waals surface area (Å²) in [7, 11) is 0. The number of nitrogens with one attached hydrogen (secondary N) is 1. The minimum Gasteiger partial charge on any atom is -0.480 e. The van der Waals surface area contributed by atoms with E-state index >= 15 is 0 Å². The Labute approximate surface area is 122 Å². The van der Waals surface area contributed by atoms with Gasteiger partial charge in [0.25, 0.3) is 5.91 Å². The summed E-state index contributed by atoms with van der Waals surface area (Å²) in [6.45, 7) is 0. The molecule has 0 bridgehead atoms. The minimum atomic E-state index is -1.10. The lowest BCUT2D eigenvalue weighted by atomic mass is 10.1. The first-order chi connectivity index (χ1) is 8.95. The van der Waals surface area contributed by atoms with Gasteiger partial charge in [-0.2, -0.15) is 11.8 Å². The van der Waals surface area contributed by atoms with Crippen molar-refractivity contribution in [1.29, 1.82) is 0 Å². The summed E-state index contributed by atoms with van der Waals surface area (Å²) in [5.74, 6) is -1.64. The van der Waals surface area contributed by atoms with Gasteiger partial charge in [-0.05, 0) is 52.6 Å². The van der Waals surface area contributed by atoms with Crippen molar-refractivity contribution in [3.05, 3.63) is 34.1 Å². The Morgan fingerprint density at radius 2 is 2.21 bits per heavy atom. The third-order valence-corrected chi connectivity index (χ3v) is 3.68. The molecule has 0 fully saturated rings. The SMILES string of the molecule is CSCC[C@@H](NC(=O)c1ccc(Br)c(F)c1)C(=O)O. The fourth-order valence-corrected chi connectivity index (χ4v) is 2.09. The highest BCUT2D eigenvalue weighted by Crippen LogP contribution is 2.16. The van der Waals surface area contributed by atoms with Crippen molar-refractivity contribution in [3.63, 3.8) is 0 Å². The van der Waals surface area contributed by atoms with Crippen molar-refractivity contribution in [3.8, 4) is 0 Å². The van der Waals surface area contributed by atoms with Gasteiger partial charge in [0.15, 0.2) is 0 Å². The molecule has 0 aliphatic carbocycles. The molecule has 1 aromatic rings. The zero-order valence-electron chi connectivity index (χ0n) is 10.2. The monoisotopic (exact) mass is 349 g/mol. The number of hydrogen-bond donors (Lipinski definition) is 2. The number of hydrogen-bond acceptors (Lipinski definition) is 3. The average molecular weight is 350 g/mol. The predicted molar refractivity (Wildman–Crippen MR) is 76.0 cm³/mol. The normalized spacial score (nSPS) is 11.9. The summed E-state index contributed by atoms with van der Waals surface area (Å²) in [5.41, 5.74) is 0.0936. The Bertz CT molecular complexity index is 484. The number of thioether (sulfide) groups is 1. The van der Waals surface area contributed by atoms with E-state index in [1.807, 2.05) is 6.26 Å². The first-order valence-corrected chi connectivity index (χ1v) is 7.62. The van der Waals surface area contributed by atoms with Crippen LogP contribution in [0.1, 0.15) is 16.8 Å². The molecule has 1 amide bonds. The number of rotatable bonds is 6. The molecule has 0 aliphatic rings. The van der Waals surface area contributed by atoms with Crippen LogP contribution in [0.4, 0.5) is 4.39 Å². The maximum atomic E-state index is 13.3. The lowest BCUT2D eigenvalue weighted by Gasteiger charge is -2.14. The topological polar surface area (TPSA) is 66.4 Å². The van der Waals surface area contributed by atoms with Gasteiger partial charge < -0.3 is 10.4 Å². The summed E-state index contributed by atoms with van der Waals surface area (Å²) in [5, 5.41) is 11.4. The van der Waals surface area contributed by atoms with E-state index in [0.29, 0.717) is 12.2 Å².